The standard InChI is InChI=1S/C19H25N5O2/c1-13(14-6-4-3-5-7-14)24-12-15(10-17(24)25)19-21-18(22-26-19)16-11-20-8-9-23(16)2/h3-7,13,15-16,20H,8-12H2,1-2H3. The molecular formula is C19H25N5O2. The Hall–Kier alpha value is -2.25. The van der Waals surface area contributed by atoms with Crippen LogP contribution in [0, 0.1) is 0 Å². The smallest absolute Gasteiger partial charge is 0.232 e. The molecule has 138 valence electrons. The third-order valence-corrected chi connectivity index (χ3v) is 5.52. The minimum atomic E-state index is -0.0308. The largest absolute Gasteiger partial charge is 0.339 e. The molecule has 1 amide bonds. The molecule has 0 aliphatic carbocycles. The summed E-state index contributed by atoms with van der Waals surface area (Å²) in [5.41, 5.74) is 1.14. The first-order valence-corrected chi connectivity index (χ1v) is 9.22. The lowest BCUT2D eigenvalue weighted by atomic mass is 10.1. The molecule has 7 nitrogen and oxygen atoms in total. The highest BCUT2D eigenvalue weighted by atomic mass is 16.5. The zero-order chi connectivity index (χ0) is 18.1. The molecule has 1 aromatic heterocycles. The van der Waals surface area contributed by atoms with Crippen LogP contribution in [0.4, 0.5) is 0 Å². The number of aromatic nitrogens is 2. The van der Waals surface area contributed by atoms with Gasteiger partial charge in [-0.25, -0.2) is 0 Å². The molecule has 2 fully saturated rings. The number of piperazine rings is 1. The van der Waals surface area contributed by atoms with Crippen LogP contribution >= 0.6 is 0 Å². The van der Waals surface area contributed by atoms with E-state index in [1.54, 1.807) is 0 Å². The van der Waals surface area contributed by atoms with Crippen LogP contribution in [0.1, 0.15) is 48.6 Å². The molecule has 3 unspecified atom stereocenters. The van der Waals surface area contributed by atoms with Crippen LogP contribution in [0.15, 0.2) is 34.9 Å². The lowest BCUT2D eigenvalue weighted by molar-refractivity contribution is -0.129. The zero-order valence-corrected chi connectivity index (χ0v) is 15.3. The first kappa shape index (κ1) is 17.2. The van der Waals surface area contributed by atoms with E-state index in [1.807, 2.05) is 23.1 Å². The van der Waals surface area contributed by atoms with Gasteiger partial charge >= 0.3 is 0 Å². The summed E-state index contributed by atoms with van der Waals surface area (Å²) in [5, 5.41) is 7.55. The molecule has 0 saturated carbocycles. The van der Waals surface area contributed by atoms with Crippen molar-refractivity contribution in [3.05, 3.63) is 47.6 Å². The summed E-state index contributed by atoms with van der Waals surface area (Å²) < 4.78 is 5.54. The van der Waals surface area contributed by atoms with Gasteiger partial charge in [-0.1, -0.05) is 35.5 Å². The first-order chi connectivity index (χ1) is 12.6. The summed E-state index contributed by atoms with van der Waals surface area (Å²) >= 11 is 0. The van der Waals surface area contributed by atoms with E-state index in [-0.39, 0.29) is 23.9 Å². The van der Waals surface area contributed by atoms with Crippen LogP contribution in [0.25, 0.3) is 0 Å². The third-order valence-electron chi connectivity index (χ3n) is 5.52. The van der Waals surface area contributed by atoms with Crippen molar-refractivity contribution in [1.29, 1.82) is 0 Å². The Morgan fingerprint density at radius 2 is 2.12 bits per heavy atom. The molecule has 0 radical (unpaired) electrons. The number of likely N-dealkylation sites (tertiary alicyclic amines) is 1. The number of nitrogens with one attached hydrogen (secondary N) is 1. The van der Waals surface area contributed by atoms with Crippen molar-refractivity contribution >= 4 is 5.91 Å². The number of hydrogen-bond acceptors (Lipinski definition) is 6. The SMILES string of the molecule is CC(c1ccccc1)N1CC(c2nc(C3CNCCN3C)no2)CC1=O. The number of rotatable bonds is 4. The number of likely N-dealkylation sites (N-methyl/N-ethyl adjacent to an activating group) is 1. The lowest BCUT2D eigenvalue weighted by Gasteiger charge is -2.30. The molecule has 26 heavy (non-hydrogen) atoms. The molecule has 1 aromatic carbocycles. The number of nitrogens with zero attached hydrogens (tertiary/aromatic N) is 4. The van der Waals surface area contributed by atoms with Gasteiger partial charge in [-0.15, -0.1) is 0 Å². The molecule has 3 atom stereocenters. The summed E-state index contributed by atoms with van der Waals surface area (Å²) in [7, 11) is 2.07. The Morgan fingerprint density at radius 1 is 1.31 bits per heavy atom. The minimum absolute atomic E-state index is 0.0308. The molecule has 2 saturated heterocycles. The second-order valence-corrected chi connectivity index (χ2v) is 7.23. The van der Waals surface area contributed by atoms with Crippen LogP contribution < -0.4 is 5.32 Å². The molecule has 2 aromatic rings. The van der Waals surface area contributed by atoms with Gasteiger partial charge in [0.15, 0.2) is 5.82 Å². The van der Waals surface area contributed by atoms with E-state index in [0.29, 0.717) is 24.7 Å². The predicted molar refractivity (Wildman–Crippen MR) is 96.5 cm³/mol. The van der Waals surface area contributed by atoms with E-state index in [4.69, 9.17) is 4.52 Å². The minimum Gasteiger partial charge on any atom is -0.339 e. The van der Waals surface area contributed by atoms with E-state index < -0.39 is 0 Å². The average Bonchev–Trinajstić information content (AvgIpc) is 3.29. The number of benzene rings is 1. The maximum absolute atomic E-state index is 12.6. The normalized spacial score (nSPS) is 25.6. The van der Waals surface area contributed by atoms with Gasteiger partial charge in [0, 0.05) is 32.6 Å². The monoisotopic (exact) mass is 355 g/mol. The van der Waals surface area contributed by atoms with E-state index in [1.165, 1.54) is 0 Å². The molecule has 4 rings (SSSR count). The van der Waals surface area contributed by atoms with Crippen LogP contribution in [-0.4, -0.2) is 59.1 Å². The molecule has 7 heteroatoms. The predicted octanol–water partition coefficient (Wildman–Crippen LogP) is 1.72. The molecular weight excluding hydrogens is 330 g/mol. The second kappa shape index (κ2) is 7.17. The fourth-order valence-corrected chi connectivity index (χ4v) is 3.83. The zero-order valence-electron chi connectivity index (χ0n) is 15.3. The van der Waals surface area contributed by atoms with Crippen molar-refractivity contribution < 1.29 is 9.32 Å². The quantitative estimate of drug-likeness (QED) is 0.900. The van der Waals surface area contributed by atoms with Gasteiger partial charge in [0.25, 0.3) is 0 Å². The van der Waals surface area contributed by atoms with Gasteiger partial charge in [-0.05, 0) is 19.5 Å². The molecule has 3 heterocycles. The third kappa shape index (κ3) is 3.24. The fraction of sp³-hybridized carbons (Fsp3) is 0.526. The number of carbonyl (C=O) groups is 1. The van der Waals surface area contributed by atoms with Crippen LogP contribution in [0.5, 0.6) is 0 Å². The summed E-state index contributed by atoms with van der Waals surface area (Å²) in [4.78, 5) is 21.3. The summed E-state index contributed by atoms with van der Waals surface area (Å²) in [6.07, 6.45) is 0.428. The molecule has 0 spiro atoms. The highest BCUT2D eigenvalue weighted by Crippen LogP contribution is 2.33. The van der Waals surface area contributed by atoms with Gasteiger partial charge in [-0.3, -0.25) is 9.69 Å². The van der Waals surface area contributed by atoms with Gasteiger partial charge in [-0.2, -0.15) is 4.98 Å². The Labute approximate surface area is 153 Å². The highest BCUT2D eigenvalue weighted by Gasteiger charge is 2.37. The Balaban J connectivity index is 1.47. The fourth-order valence-electron chi connectivity index (χ4n) is 3.83. The van der Waals surface area contributed by atoms with Crippen molar-refractivity contribution in [3.63, 3.8) is 0 Å². The molecule has 1 N–H and O–H groups in total. The van der Waals surface area contributed by atoms with Crippen molar-refractivity contribution in [2.75, 3.05) is 33.2 Å². The first-order valence-electron chi connectivity index (χ1n) is 9.22. The maximum atomic E-state index is 12.6. The Morgan fingerprint density at radius 3 is 2.88 bits per heavy atom. The van der Waals surface area contributed by atoms with Crippen molar-refractivity contribution in [3.8, 4) is 0 Å². The van der Waals surface area contributed by atoms with E-state index in [2.05, 4.69) is 46.5 Å². The van der Waals surface area contributed by atoms with Gasteiger partial charge < -0.3 is 14.7 Å². The number of amides is 1. The number of carbonyl (C=O) groups excluding carboxylic acids is 1. The van der Waals surface area contributed by atoms with E-state index >= 15 is 0 Å². The Bertz CT molecular complexity index is 762. The van der Waals surface area contributed by atoms with E-state index in [9.17, 15) is 4.79 Å². The van der Waals surface area contributed by atoms with Crippen molar-refractivity contribution in [1.82, 2.24) is 25.3 Å². The van der Waals surface area contributed by atoms with Crippen LogP contribution in [0.3, 0.4) is 0 Å². The summed E-state index contributed by atoms with van der Waals surface area (Å²) in [6.45, 7) is 5.43. The van der Waals surface area contributed by atoms with Crippen LogP contribution in [0.2, 0.25) is 0 Å². The molecule has 0 bridgehead atoms. The van der Waals surface area contributed by atoms with E-state index in [0.717, 1.165) is 25.2 Å². The lowest BCUT2D eigenvalue weighted by Crippen LogP contribution is -2.44. The topological polar surface area (TPSA) is 74.5 Å². The summed E-state index contributed by atoms with van der Waals surface area (Å²) in [5.74, 6) is 1.39. The van der Waals surface area contributed by atoms with Gasteiger partial charge in [0.2, 0.25) is 11.8 Å². The molecule has 2 aliphatic rings. The number of hydrogen-bond donors (Lipinski definition) is 1. The second-order valence-electron chi connectivity index (χ2n) is 7.23. The summed E-state index contributed by atoms with van der Waals surface area (Å²) in [6, 6.07) is 10.3. The molecule has 2 aliphatic heterocycles. The van der Waals surface area contributed by atoms with Crippen LogP contribution in [-0.2, 0) is 4.79 Å². The van der Waals surface area contributed by atoms with Crippen molar-refractivity contribution in [2.45, 2.75) is 31.3 Å². The maximum Gasteiger partial charge on any atom is 0.232 e. The van der Waals surface area contributed by atoms with Crippen molar-refractivity contribution in [2.24, 2.45) is 0 Å². The Kier molecular flexibility index (Phi) is 4.74. The van der Waals surface area contributed by atoms with Gasteiger partial charge in [0.1, 0.15) is 0 Å². The van der Waals surface area contributed by atoms with Gasteiger partial charge in [0.05, 0.1) is 18.0 Å². The average molecular weight is 355 g/mol. The highest BCUT2D eigenvalue weighted by molar-refractivity contribution is 5.80.